The predicted octanol–water partition coefficient (Wildman–Crippen LogP) is 4.88. The summed E-state index contributed by atoms with van der Waals surface area (Å²) in [6.07, 6.45) is 4.06. The molecule has 0 spiro atoms. The number of nitrogens with one attached hydrogen (secondary N) is 2. The van der Waals surface area contributed by atoms with Gasteiger partial charge in [0.05, 0.1) is 11.1 Å². The summed E-state index contributed by atoms with van der Waals surface area (Å²) in [6, 6.07) is 13.6. The van der Waals surface area contributed by atoms with Crippen molar-refractivity contribution < 1.29 is 19.1 Å². The van der Waals surface area contributed by atoms with Crippen molar-refractivity contribution in [1.82, 2.24) is 15.6 Å². The smallest absolute Gasteiger partial charge is 0.407 e. The number of carbonyl (C=O) groups excluding carboxylic acids is 3. The van der Waals surface area contributed by atoms with Gasteiger partial charge in [-0.25, -0.2) is 9.78 Å². The van der Waals surface area contributed by atoms with Crippen LogP contribution in [-0.4, -0.2) is 54.2 Å². The molecule has 2 aromatic rings. The highest BCUT2D eigenvalue weighted by Crippen LogP contribution is 2.40. The third-order valence-electron chi connectivity index (χ3n) is 7.32. The first kappa shape index (κ1) is 35.2. The molecular formula is C33H43N7O4S. The molecule has 3 rings (SSSR count). The molecule has 1 aliphatic rings. The molecule has 3 amide bonds. The van der Waals surface area contributed by atoms with E-state index in [1.165, 1.54) is 0 Å². The van der Waals surface area contributed by atoms with Gasteiger partial charge in [0.1, 0.15) is 33.8 Å². The fraction of sp³-hybridized carbons (Fsp3) is 0.515. The van der Waals surface area contributed by atoms with Gasteiger partial charge < -0.3 is 26.0 Å². The van der Waals surface area contributed by atoms with E-state index in [1.54, 1.807) is 0 Å². The number of nitrogens with two attached hydrogens (primary N) is 1. The van der Waals surface area contributed by atoms with E-state index < -0.39 is 22.9 Å². The maximum Gasteiger partial charge on any atom is 0.407 e. The van der Waals surface area contributed by atoms with Gasteiger partial charge in [0.2, 0.25) is 11.8 Å². The fourth-order valence-electron chi connectivity index (χ4n) is 5.15. The summed E-state index contributed by atoms with van der Waals surface area (Å²) in [4.78, 5) is 43.6. The summed E-state index contributed by atoms with van der Waals surface area (Å²) in [5, 5.41) is 25.6. The lowest BCUT2D eigenvalue weighted by atomic mass is 9.99. The number of amides is 3. The lowest BCUT2D eigenvalue weighted by Gasteiger charge is -2.34. The number of rotatable bonds is 13. The highest BCUT2D eigenvalue weighted by molar-refractivity contribution is 8.00. The van der Waals surface area contributed by atoms with Crippen LogP contribution in [0.25, 0.3) is 0 Å². The molecule has 1 saturated heterocycles. The molecule has 0 bridgehead atoms. The molecule has 45 heavy (non-hydrogen) atoms. The molecule has 0 saturated carbocycles. The Morgan fingerprint density at radius 3 is 2.33 bits per heavy atom. The molecule has 12 heteroatoms. The van der Waals surface area contributed by atoms with Gasteiger partial charge in [-0.15, -0.1) is 0 Å². The summed E-state index contributed by atoms with van der Waals surface area (Å²) >= 11 is 1.12. The summed E-state index contributed by atoms with van der Waals surface area (Å²) in [5.74, 6) is -0.0695. The Hall–Kier alpha value is -4.29. The Balaban J connectivity index is 1.60. The summed E-state index contributed by atoms with van der Waals surface area (Å²) in [7, 11) is 0. The van der Waals surface area contributed by atoms with Crippen LogP contribution in [0, 0.1) is 22.7 Å². The Bertz CT molecular complexity index is 1420. The average Bonchev–Trinajstić information content (AvgIpc) is 3.00. The van der Waals surface area contributed by atoms with Gasteiger partial charge in [0, 0.05) is 32.1 Å². The van der Waals surface area contributed by atoms with Crippen LogP contribution in [0.3, 0.4) is 0 Å². The number of benzene rings is 1. The second-order valence-corrected chi connectivity index (χ2v) is 13.0. The lowest BCUT2D eigenvalue weighted by molar-refractivity contribution is -0.122. The van der Waals surface area contributed by atoms with E-state index in [-0.39, 0.29) is 17.5 Å². The Labute approximate surface area is 269 Å². The van der Waals surface area contributed by atoms with Crippen LogP contribution in [0.4, 0.5) is 10.6 Å². The molecule has 1 aromatic heterocycles. The normalized spacial score (nSPS) is 14.1. The molecule has 1 atom stereocenters. The van der Waals surface area contributed by atoms with E-state index >= 15 is 0 Å². The first-order valence-electron chi connectivity index (χ1n) is 15.4. The van der Waals surface area contributed by atoms with Gasteiger partial charge in [-0.05, 0) is 64.0 Å². The molecule has 11 nitrogen and oxygen atoms in total. The van der Waals surface area contributed by atoms with Gasteiger partial charge >= 0.3 is 6.09 Å². The molecule has 1 unspecified atom stereocenters. The number of pyridine rings is 1. The van der Waals surface area contributed by atoms with Crippen LogP contribution in [0.1, 0.15) is 93.7 Å². The molecule has 2 heterocycles. The first-order valence-corrected chi connectivity index (χ1v) is 16.2. The van der Waals surface area contributed by atoms with Crippen molar-refractivity contribution in [2.75, 3.05) is 24.5 Å². The van der Waals surface area contributed by atoms with Gasteiger partial charge in [-0.2, -0.15) is 10.5 Å². The topological polar surface area (TPSA) is 174 Å². The first-order chi connectivity index (χ1) is 21.5. The number of thioether (sulfide) groups is 1. The highest BCUT2D eigenvalue weighted by atomic mass is 32.2. The van der Waals surface area contributed by atoms with Crippen molar-refractivity contribution in [1.29, 1.82) is 10.5 Å². The fourth-order valence-corrected chi connectivity index (χ4v) is 6.21. The minimum absolute atomic E-state index is 0.00307. The maximum atomic E-state index is 12.6. The van der Waals surface area contributed by atoms with Gasteiger partial charge in [0.25, 0.3) is 0 Å². The molecule has 240 valence electrons. The summed E-state index contributed by atoms with van der Waals surface area (Å²) in [6.45, 7) is 8.97. The number of unbranched alkanes of at least 4 members (excludes halogenated alkanes) is 2. The zero-order valence-electron chi connectivity index (χ0n) is 26.5. The minimum Gasteiger partial charge on any atom is -0.444 e. The van der Waals surface area contributed by atoms with E-state index in [1.807, 2.05) is 62.9 Å². The van der Waals surface area contributed by atoms with Gasteiger partial charge in [-0.1, -0.05) is 55.4 Å². The number of alkyl carbamates (subject to hydrolysis) is 1. The number of piperidine rings is 1. The van der Waals surface area contributed by atoms with Crippen molar-refractivity contribution in [3.8, 4) is 12.1 Å². The van der Waals surface area contributed by atoms with E-state index in [4.69, 9.17) is 15.5 Å². The minimum atomic E-state index is -0.751. The van der Waals surface area contributed by atoms with E-state index in [0.29, 0.717) is 72.9 Å². The van der Waals surface area contributed by atoms with Crippen LogP contribution < -0.4 is 21.3 Å². The number of carbonyl (C=O) groups is 3. The van der Waals surface area contributed by atoms with Crippen LogP contribution in [-0.2, 0) is 20.7 Å². The van der Waals surface area contributed by atoms with E-state index in [0.717, 1.165) is 31.0 Å². The van der Waals surface area contributed by atoms with E-state index in [2.05, 4.69) is 22.8 Å². The molecule has 1 aliphatic heterocycles. The van der Waals surface area contributed by atoms with Crippen LogP contribution in [0.2, 0.25) is 0 Å². The van der Waals surface area contributed by atoms with E-state index in [9.17, 15) is 24.9 Å². The lowest BCUT2D eigenvalue weighted by Crippen LogP contribution is -2.45. The predicted molar refractivity (Wildman–Crippen MR) is 173 cm³/mol. The number of nitrogens with zero attached hydrogens (tertiary/aromatic N) is 4. The largest absolute Gasteiger partial charge is 0.444 e. The number of aromatic nitrogens is 1. The quantitative estimate of drug-likeness (QED) is 0.205. The zero-order chi connectivity index (χ0) is 33.0. The monoisotopic (exact) mass is 633 g/mol. The number of primary amides is 1. The number of ether oxygens (including phenoxy) is 1. The number of hydrogen-bond acceptors (Lipinski definition) is 9. The number of hydrogen-bond donors (Lipinski definition) is 3. The summed E-state index contributed by atoms with van der Waals surface area (Å²) in [5.41, 5.74) is 7.18. The van der Waals surface area contributed by atoms with Crippen LogP contribution in [0.5, 0.6) is 0 Å². The third-order valence-corrected chi connectivity index (χ3v) is 8.58. The van der Waals surface area contributed by atoms with Crippen molar-refractivity contribution in [2.24, 2.45) is 5.73 Å². The molecule has 1 aromatic carbocycles. The van der Waals surface area contributed by atoms with Crippen molar-refractivity contribution in [3.05, 3.63) is 52.6 Å². The number of nitriles is 2. The Kier molecular flexibility index (Phi) is 13.1. The van der Waals surface area contributed by atoms with Gasteiger partial charge in [0.15, 0.2) is 0 Å². The molecule has 0 radical (unpaired) electrons. The van der Waals surface area contributed by atoms with Crippen molar-refractivity contribution in [2.45, 2.75) is 94.6 Å². The third kappa shape index (κ3) is 10.4. The summed E-state index contributed by atoms with van der Waals surface area (Å²) < 4.78 is 5.22. The Morgan fingerprint density at radius 1 is 1.09 bits per heavy atom. The molecule has 0 aliphatic carbocycles. The average molecular weight is 634 g/mol. The second kappa shape index (κ2) is 16.7. The van der Waals surface area contributed by atoms with Gasteiger partial charge in [-0.3, -0.25) is 9.59 Å². The molecular weight excluding hydrogens is 590 g/mol. The number of anilines is 1. The SMILES string of the molecule is CCc1c(C#N)c(SC(C(N)=O)c2ccccc2)nc(N2CCC(NC(=O)CCCCCNC(=O)OC(C)(C)C)CC2)c1C#N. The van der Waals surface area contributed by atoms with Crippen molar-refractivity contribution >= 4 is 35.5 Å². The van der Waals surface area contributed by atoms with Crippen LogP contribution in [0.15, 0.2) is 35.4 Å². The van der Waals surface area contributed by atoms with Crippen LogP contribution >= 0.6 is 11.8 Å². The standard InChI is InChI=1S/C33H43N7O4S/c1-5-24-25(20-34)30(39-31(26(24)21-35)45-28(29(36)42)22-12-8-6-9-13-22)40-18-15-23(16-19-40)38-27(41)14-10-7-11-17-37-32(43)44-33(2,3)4/h6,8-9,12-13,23,28H,5,7,10-11,14-19H2,1-4H3,(H2,36,42)(H,37,43)(H,38,41). The highest BCUT2D eigenvalue weighted by Gasteiger charge is 2.29. The van der Waals surface area contributed by atoms with Crippen molar-refractivity contribution in [3.63, 3.8) is 0 Å². The molecule has 4 N–H and O–H groups in total. The zero-order valence-corrected chi connectivity index (χ0v) is 27.3. The second-order valence-electron chi connectivity index (χ2n) is 11.9. The Morgan fingerprint density at radius 2 is 1.76 bits per heavy atom. The molecule has 1 fully saturated rings. The maximum absolute atomic E-state index is 12.6.